The van der Waals surface area contributed by atoms with Gasteiger partial charge in [0.15, 0.2) is 6.61 Å². The first-order valence-electron chi connectivity index (χ1n) is 11.5. The summed E-state index contributed by atoms with van der Waals surface area (Å²) in [6, 6.07) is 3.78. The number of carbonyl (C=O) groups is 1. The van der Waals surface area contributed by atoms with Crippen molar-refractivity contribution in [1.82, 2.24) is 20.2 Å². The Balaban J connectivity index is 1.14. The zero-order valence-corrected chi connectivity index (χ0v) is 20.0. The van der Waals surface area contributed by atoms with Gasteiger partial charge in [0.05, 0.1) is 12.1 Å². The molecule has 3 heterocycles. The van der Waals surface area contributed by atoms with Crippen molar-refractivity contribution in [2.75, 3.05) is 19.7 Å². The Bertz CT molecular complexity index is 920. The average molecular weight is 499 g/mol. The van der Waals surface area contributed by atoms with E-state index in [-0.39, 0.29) is 11.9 Å². The van der Waals surface area contributed by atoms with Gasteiger partial charge >= 0.3 is 0 Å². The summed E-state index contributed by atoms with van der Waals surface area (Å²) >= 11 is 7.19. The standard InChI is InChI=1S/C23H29ClF2N4O2S/c24-20-6-3-16(12-27-20)11-22(31)28-17-4-1-15(2-5-17)7-9-30-10-8-19-18(13-30)29-23(33-19)32-14-21(25)26/h3,6,12,15,17,21H,1-2,4-5,7-11,13-14H2,(H,28,31)/t15-,17-. The van der Waals surface area contributed by atoms with Gasteiger partial charge in [0, 0.05) is 30.2 Å². The van der Waals surface area contributed by atoms with Crippen molar-refractivity contribution < 1.29 is 18.3 Å². The van der Waals surface area contributed by atoms with Gasteiger partial charge in [0.25, 0.3) is 11.6 Å². The van der Waals surface area contributed by atoms with Gasteiger partial charge in [-0.05, 0) is 62.6 Å². The van der Waals surface area contributed by atoms with Crippen LogP contribution in [0.5, 0.6) is 5.19 Å². The number of nitrogens with zero attached hydrogens (tertiary/aromatic N) is 3. The molecule has 0 bridgehead atoms. The normalized spacial score (nSPS) is 21.1. The van der Waals surface area contributed by atoms with E-state index < -0.39 is 13.0 Å². The van der Waals surface area contributed by atoms with Gasteiger partial charge < -0.3 is 10.1 Å². The number of amides is 1. The highest BCUT2D eigenvalue weighted by Crippen LogP contribution is 2.31. The van der Waals surface area contributed by atoms with E-state index in [1.807, 2.05) is 6.07 Å². The van der Waals surface area contributed by atoms with Crippen LogP contribution in [0, 0.1) is 5.92 Å². The van der Waals surface area contributed by atoms with Gasteiger partial charge in [-0.3, -0.25) is 9.69 Å². The Morgan fingerprint density at radius 3 is 2.85 bits per heavy atom. The van der Waals surface area contributed by atoms with Gasteiger partial charge in [-0.1, -0.05) is 29.0 Å². The molecular formula is C23H29ClF2N4O2S. The monoisotopic (exact) mass is 498 g/mol. The third-order valence-corrected chi connectivity index (χ3v) is 7.63. The highest BCUT2D eigenvalue weighted by atomic mass is 35.5. The van der Waals surface area contributed by atoms with Crippen molar-refractivity contribution in [2.45, 2.75) is 64.0 Å². The predicted octanol–water partition coefficient (Wildman–Crippen LogP) is 4.50. The lowest BCUT2D eigenvalue weighted by atomic mass is 9.84. The lowest BCUT2D eigenvalue weighted by molar-refractivity contribution is -0.121. The first kappa shape index (κ1) is 24.3. The number of aromatic nitrogens is 2. The molecule has 1 aliphatic carbocycles. The third-order valence-electron chi connectivity index (χ3n) is 6.34. The van der Waals surface area contributed by atoms with Crippen LogP contribution in [0.1, 0.15) is 48.2 Å². The Hall–Kier alpha value is -1.84. The molecule has 2 aromatic heterocycles. The molecule has 4 rings (SSSR count). The molecule has 6 nitrogen and oxygen atoms in total. The summed E-state index contributed by atoms with van der Waals surface area (Å²) in [6.45, 7) is 2.14. The molecule has 0 spiro atoms. The van der Waals surface area contributed by atoms with E-state index in [0.29, 0.717) is 22.7 Å². The van der Waals surface area contributed by atoms with Crippen molar-refractivity contribution in [2.24, 2.45) is 5.92 Å². The molecule has 1 saturated carbocycles. The van der Waals surface area contributed by atoms with Crippen LogP contribution in [0.3, 0.4) is 0 Å². The third kappa shape index (κ3) is 7.32. The number of ether oxygens (including phenoxy) is 1. The zero-order chi connectivity index (χ0) is 23.2. The molecule has 0 saturated heterocycles. The summed E-state index contributed by atoms with van der Waals surface area (Å²) in [5, 5.41) is 3.95. The van der Waals surface area contributed by atoms with Crippen molar-refractivity contribution in [3.63, 3.8) is 0 Å². The van der Waals surface area contributed by atoms with E-state index in [0.717, 1.165) is 74.3 Å². The molecule has 2 aliphatic rings. The van der Waals surface area contributed by atoms with Gasteiger partial charge in [-0.25, -0.2) is 18.7 Å². The second-order valence-electron chi connectivity index (χ2n) is 8.82. The molecule has 0 atom stereocenters. The van der Waals surface area contributed by atoms with E-state index in [2.05, 4.69) is 20.2 Å². The highest BCUT2D eigenvalue weighted by molar-refractivity contribution is 7.13. The largest absolute Gasteiger partial charge is 0.464 e. The summed E-state index contributed by atoms with van der Waals surface area (Å²) in [4.78, 5) is 24.3. The topological polar surface area (TPSA) is 67.4 Å². The SMILES string of the molecule is O=C(Cc1ccc(Cl)nc1)N[C@H]1CC[C@H](CCN2CCc3sc(OCC(F)F)nc3C2)CC1. The fourth-order valence-electron chi connectivity index (χ4n) is 4.55. The van der Waals surface area contributed by atoms with Crippen LogP contribution in [-0.2, 0) is 24.2 Å². The summed E-state index contributed by atoms with van der Waals surface area (Å²) in [5.74, 6) is 0.701. The number of carbonyl (C=O) groups excluding carboxylic acids is 1. The van der Waals surface area contributed by atoms with Crippen LogP contribution in [0.15, 0.2) is 18.3 Å². The number of nitrogens with one attached hydrogen (secondary N) is 1. The van der Waals surface area contributed by atoms with Crippen molar-refractivity contribution in [1.29, 1.82) is 0 Å². The Morgan fingerprint density at radius 2 is 2.12 bits per heavy atom. The number of pyridine rings is 1. The number of fused-ring (bicyclic) bond motifs is 1. The minimum Gasteiger partial charge on any atom is -0.464 e. The summed E-state index contributed by atoms with van der Waals surface area (Å²) in [6.07, 6.45) is 5.78. The van der Waals surface area contributed by atoms with Gasteiger partial charge in [-0.2, -0.15) is 0 Å². The van der Waals surface area contributed by atoms with Crippen molar-refractivity contribution in [3.05, 3.63) is 39.6 Å². The van der Waals surface area contributed by atoms with Crippen LogP contribution >= 0.6 is 22.9 Å². The molecule has 0 unspecified atom stereocenters. The van der Waals surface area contributed by atoms with E-state index >= 15 is 0 Å². The molecular weight excluding hydrogens is 470 g/mol. The molecule has 0 aromatic carbocycles. The first-order valence-corrected chi connectivity index (χ1v) is 12.7. The summed E-state index contributed by atoms with van der Waals surface area (Å²) in [5.41, 5.74) is 1.83. The Labute approximate surface area is 201 Å². The second-order valence-corrected chi connectivity index (χ2v) is 10.3. The quantitative estimate of drug-likeness (QED) is 0.515. The number of alkyl halides is 2. The molecule has 180 valence electrons. The lowest BCUT2D eigenvalue weighted by Crippen LogP contribution is -2.39. The smallest absolute Gasteiger partial charge is 0.273 e. The molecule has 1 fully saturated rings. The summed E-state index contributed by atoms with van der Waals surface area (Å²) in [7, 11) is 0. The number of thiazole rings is 1. The van der Waals surface area contributed by atoms with E-state index in [4.69, 9.17) is 16.3 Å². The van der Waals surface area contributed by atoms with Crippen LogP contribution < -0.4 is 10.1 Å². The number of rotatable bonds is 9. The average Bonchev–Trinajstić information content (AvgIpc) is 3.21. The number of hydrogen-bond acceptors (Lipinski definition) is 6. The molecule has 1 aliphatic heterocycles. The minimum atomic E-state index is -2.48. The summed E-state index contributed by atoms with van der Waals surface area (Å²) < 4.78 is 29.8. The minimum absolute atomic E-state index is 0.0341. The van der Waals surface area contributed by atoms with Gasteiger partial charge in [0.1, 0.15) is 5.15 Å². The van der Waals surface area contributed by atoms with Crippen molar-refractivity contribution >= 4 is 28.8 Å². The highest BCUT2D eigenvalue weighted by Gasteiger charge is 2.25. The van der Waals surface area contributed by atoms with Crippen molar-refractivity contribution in [3.8, 4) is 5.19 Å². The molecule has 2 aromatic rings. The number of hydrogen-bond donors (Lipinski definition) is 1. The van der Waals surface area contributed by atoms with Gasteiger partial charge in [0.2, 0.25) is 5.91 Å². The van der Waals surface area contributed by atoms with Crippen LogP contribution in [0.25, 0.3) is 0 Å². The maximum Gasteiger partial charge on any atom is 0.273 e. The molecule has 0 radical (unpaired) electrons. The predicted molar refractivity (Wildman–Crippen MR) is 124 cm³/mol. The Morgan fingerprint density at radius 1 is 1.30 bits per heavy atom. The van der Waals surface area contributed by atoms with Gasteiger partial charge in [-0.15, -0.1) is 0 Å². The van der Waals surface area contributed by atoms with E-state index in [1.165, 1.54) is 11.3 Å². The first-order chi connectivity index (χ1) is 15.9. The Kier molecular flexibility index (Phi) is 8.49. The maximum absolute atomic E-state index is 12.3. The molecule has 1 N–H and O–H groups in total. The zero-order valence-electron chi connectivity index (χ0n) is 18.4. The van der Waals surface area contributed by atoms with Crippen LogP contribution in [-0.4, -0.2) is 52.9 Å². The van der Waals surface area contributed by atoms with E-state index in [9.17, 15) is 13.6 Å². The fourth-order valence-corrected chi connectivity index (χ4v) is 5.58. The molecule has 10 heteroatoms. The lowest BCUT2D eigenvalue weighted by Gasteiger charge is -2.32. The van der Waals surface area contributed by atoms with E-state index in [1.54, 1.807) is 12.3 Å². The maximum atomic E-state index is 12.3. The van der Waals surface area contributed by atoms with Crippen LogP contribution in [0.2, 0.25) is 5.15 Å². The second kappa shape index (κ2) is 11.5. The fraction of sp³-hybridized carbons (Fsp3) is 0.609. The number of halogens is 3. The molecule has 1 amide bonds. The molecule has 33 heavy (non-hydrogen) atoms. The van der Waals surface area contributed by atoms with Crippen LogP contribution in [0.4, 0.5) is 8.78 Å².